The lowest BCUT2D eigenvalue weighted by atomic mass is 10.2. The van der Waals surface area contributed by atoms with Crippen LogP contribution >= 0.6 is 11.6 Å². The monoisotopic (exact) mass is 295 g/mol. The molecule has 1 aromatic rings. The minimum atomic E-state index is 0.129. The van der Waals surface area contributed by atoms with Crippen molar-refractivity contribution >= 4 is 23.2 Å². The second-order valence-corrected chi connectivity index (χ2v) is 5.52. The van der Waals surface area contributed by atoms with E-state index in [2.05, 4.69) is 27.2 Å². The molecule has 0 aromatic heterocycles. The van der Waals surface area contributed by atoms with Crippen molar-refractivity contribution in [3.63, 3.8) is 0 Å². The molecule has 1 fully saturated rings. The van der Waals surface area contributed by atoms with E-state index in [0.29, 0.717) is 6.42 Å². The Hall–Kier alpha value is -1.26. The number of hydrogen-bond acceptors (Lipinski definition) is 3. The third kappa shape index (κ3) is 4.39. The van der Waals surface area contributed by atoms with Crippen LogP contribution in [0.25, 0.3) is 0 Å². The van der Waals surface area contributed by atoms with Gasteiger partial charge in [0.1, 0.15) is 0 Å². The lowest BCUT2D eigenvalue weighted by Crippen LogP contribution is -2.46. The molecule has 0 atom stereocenters. The molecule has 1 aliphatic heterocycles. The van der Waals surface area contributed by atoms with Crippen LogP contribution in [0.3, 0.4) is 0 Å². The van der Waals surface area contributed by atoms with Crippen LogP contribution in [0.4, 0.5) is 5.69 Å². The van der Waals surface area contributed by atoms with Crippen molar-refractivity contribution in [2.24, 2.45) is 0 Å². The third-order valence-corrected chi connectivity index (χ3v) is 3.97. The summed E-state index contributed by atoms with van der Waals surface area (Å²) in [5.41, 5.74) is 1.24. The fourth-order valence-corrected chi connectivity index (χ4v) is 2.60. The third-order valence-electron chi connectivity index (χ3n) is 3.72. The highest BCUT2D eigenvalue weighted by atomic mass is 35.5. The maximum absolute atomic E-state index is 11.2. The average Bonchev–Trinajstić information content (AvgIpc) is 2.48. The number of carbonyl (C=O) groups is 1. The summed E-state index contributed by atoms with van der Waals surface area (Å²) in [7, 11) is 1.69. The van der Waals surface area contributed by atoms with Crippen LogP contribution in [0.15, 0.2) is 24.3 Å². The summed E-state index contributed by atoms with van der Waals surface area (Å²) in [6.07, 6.45) is 1.55. The SMILES string of the molecule is CNC(=O)CCCN1CCN(c2ccc(Cl)cc2)CC1. The van der Waals surface area contributed by atoms with Crippen LogP contribution in [0.2, 0.25) is 5.02 Å². The molecule has 2 rings (SSSR count). The lowest BCUT2D eigenvalue weighted by molar-refractivity contribution is -0.120. The first-order chi connectivity index (χ1) is 9.69. The first-order valence-electron chi connectivity index (χ1n) is 7.12. The van der Waals surface area contributed by atoms with Gasteiger partial charge in [-0.2, -0.15) is 0 Å². The second kappa shape index (κ2) is 7.50. The predicted octanol–water partition coefficient (Wildman–Crippen LogP) is 1.99. The first-order valence-corrected chi connectivity index (χ1v) is 7.50. The van der Waals surface area contributed by atoms with Crippen LogP contribution in [-0.4, -0.2) is 50.6 Å². The van der Waals surface area contributed by atoms with E-state index in [-0.39, 0.29) is 5.91 Å². The molecule has 0 radical (unpaired) electrons. The van der Waals surface area contributed by atoms with Gasteiger partial charge in [0.2, 0.25) is 5.91 Å². The summed E-state index contributed by atoms with van der Waals surface area (Å²) in [4.78, 5) is 16.0. The van der Waals surface area contributed by atoms with Crippen molar-refractivity contribution in [1.29, 1.82) is 0 Å². The Bertz CT molecular complexity index is 427. The number of carbonyl (C=O) groups excluding carboxylic acids is 1. The number of nitrogens with zero attached hydrogens (tertiary/aromatic N) is 2. The summed E-state index contributed by atoms with van der Waals surface area (Å²) in [6, 6.07) is 8.02. The standard InChI is InChI=1S/C15H22ClN3O/c1-17-15(20)3-2-8-18-9-11-19(12-10-18)14-6-4-13(16)5-7-14/h4-7H,2-3,8-12H2,1H3,(H,17,20). The summed E-state index contributed by atoms with van der Waals surface area (Å²) in [6.45, 7) is 5.16. The largest absolute Gasteiger partial charge is 0.369 e. The fraction of sp³-hybridized carbons (Fsp3) is 0.533. The highest BCUT2D eigenvalue weighted by Gasteiger charge is 2.16. The molecule has 0 bridgehead atoms. The zero-order valence-electron chi connectivity index (χ0n) is 11.9. The normalized spacial score (nSPS) is 16.2. The van der Waals surface area contributed by atoms with Gasteiger partial charge in [0.15, 0.2) is 0 Å². The molecule has 20 heavy (non-hydrogen) atoms. The molecule has 1 saturated heterocycles. The lowest BCUT2D eigenvalue weighted by Gasteiger charge is -2.36. The number of rotatable bonds is 5. The van der Waals surface area contributed by atoms with E-state index in [4.69, 9.17) is 11.6 Å². The van der Waals surface area contributed by atoms with Gasteiger partial charge in [-0.3, -0.25) is 9.69 Å². The molecule has 1 heterocycles. The van der Waals surface area contributed by atoms with Crippen LogP contribution in [0, 0.1) is 0 Å². The van der Waals surface area contributed by atoms with Gasteiger partial charge in [-0.1, -0.05) is 11.6 Å². The Balaban J connectivity index is 1.72. The summed E-state index contributed by atoms with van der Waals surface area (Å²) >= 11 is 5.91. The summed E-state index contributed by atoms with van der Waals surface area (Å²) in [5, 5.41) is 3.44. The Kier molecular flexibility index (Phi) is 5.68. The van der Waals surface area contributed by atoms with Crippen LogP contribution in [0.1, 0.15) is 12.8 Å². The van der Waals surface area contributed by atoms with Crippen molar-refractivity contribution in [3.05, 3.63) is 29.3 Å². The van der Waals surface area contributed by atoms with Gasteiger partial charge >= 0.3 is 0 Å². The molecule has 1 N–H and O–H groups in total. The number of amides is 1. The van der Waals surface area contributed by atoms with Gasteiger partial charge in [-0.15, -0.1) is 0 Å². The topological polar surface area (TPSA) is 35.6 Å². The van der Waals surface area contributed by atoms with Gasteiger partial charge in [-0.05, 0) is 37.2 Å². The van der Waals surface area contributed by atoms with E-state index in [9.17, 15) is 4.79 Å². The zero-order valence-corrected chi connectivity index (χ0v) is 12.7. The number of piperazine rings is 1. The van der Waals surface area contributed by atoms with Crippen molar-refractivity contribution in [3.8, 4) is 0 Å². The Morgan fingerprint density at radius 3 is 2.45 bits per heavy atom. The number of hydrogen-bond donors (Lipinski definition) is 1. The van der Waals surface area contributed by atoms with Gasteiger partial charge in [0.05, 0.1) is 0 Å². The van der Waals surface area contributed by atoms with Crippen LogP contribution in [0.5, 0.6) is 0 Å². The minimum absolute atomic E-state index is 0.129. The van der Waals surface area contributed by atoms with E-state index >= 15 is 0 Å². The molecule has 0 aliphatic carbocycles. The van der Waals surface area contributed by atoms with E-state index in [1.165, 1.54) is 5.69 Å². The molecule has 4 nitrogen and oxygen atoms in total. The summed E-state index contributed by atoms with van der Waals surface area (Å²) in [5.74, 6) is 0.129. The molecule has 1 aliphatic rings. The minimum Gasteiger partial charge on any atom is -0.369 e. The fourth-order valence-electron chi connectivity index (χ4n) is 2.47. The summed E-state index contributed by atoms with van der Waals surface area (Å²) < 4.78 is 0. The highest BCUT2D eigenvalue weighted by molar-refractivity contribution is 6.30. The second-order valence-electron chi connectivity index (χ2n) is 5.08. The van der Waals surface area contributed by atoms with Crippen molar-refractivity contribution in [2.45, 2.75) is 12.8 Å². The Labute approximate surface area is 125 Å². The molecule has 1 aromatic carbocycles. The maximum atomic E-state index is 11.2. The molecule has 1 amide bonds. The quantitative estimate of drug-likeness (QED) is 0.902. The number of benzene rings is 1. The van der Waals surface area contributed by atoms with Gasteiger partial charge in [0.25, 0.3) is 0 Å². The molecule has 5 heteroatoms. The number of halogens is 1. The molecule has 0 saturated carbocycles. The molecule has 0 spiro atoms. The van der Waals surface area contributed by atoms with E-state index < -0.39 is 0 Å². The maximum Gasteiger partial charge on any atom is 0.219 e. The van der Waals surface area contributed by atoms with Crippen LogP contribution < -0.4 is 10.2 Å². The smallest absolute Gasteiger partial charge is 0.219 e. The van der Waals surface area contributed by atoms with E-state index in [1.54, 1.807) is 7.05 Å². The Morgan fingerprint density at radius 2 is 1.85 bits per heavy atom. The van der Waals surface area contributed by atoms with Crippen molar-refractivity contribution in [2.75, 3.05) is 44.7 Å². The molecule has 110 valence electrons. The van der Waals surface area contributed by atoms with Crippen molar-refractivity contribution < 1.29 is 4.79 Å². The molecule has 0 unspecified atom stereocenters. The number of anilines is 1. The average molecular weight is 296 g/mol. The van der Waals surface area contributed by atoms with Crippen molar-refractivity contribution in [1.82, 2.24) is 10.2 Å². The number of nitrogens with one attached hydrogen (secondary N) is 1. The van der Waals surface area contributed by atoms with Gasteiger partial charge in [0, 0.05) is 50.4 Å². The van der Waals surface area contributed by atoms with E-state index in [0.717, 1.165) is 44.2 Å². The predicted molar refractivity (Wildman–Crippen MR) is 83.4 cm³/mol. The molecular formula is C15H22ClN3O. The van der Waals surface area contributed by atoms with Crippen LogP contribution in [-0.2, 0) is 4.79 Å². The molecular weight excluding hydrogens is 274 g/mol. The Morgan fingerprint density at radius 1 is 1.20 bits per heavy atom. The zero-order chi connectivity index (χ0) is 14.4. The van der Waals surface area contributed by atoms with E-state index in [1.807, 2.05) is 12.1 Å². The first kappa shape index (κ1) is 15.1. The van der Waals surface area contributed by atoms with Gasteiger partial charge < -0.3 is 10.2 Å². The van der Waals surface area contributed by atoms with Gasteiger partial charge in [-0.25, -0.2) is 0 Å². The highest BCUT2D eigenvalue weighted by Crippen LogP contribution is 2.19.